The Labute approximate surface area is 180 Å². The van der Waals surface area contributed by atoms with Crippen LogP contribution >= 0.6 is 0 Å². The van der Waals surface area contributed by atoms with E-state index >= 15 is 0 Å². The van der Waals surface area contributed by atoms with Crippen molar-refractivity contribution in [3.05, 3.63) is 35.5 Å². The van der Waals surface area contributed by atoms with Crippen LogP contribution < -0.4 is 5.32 Å². The molecule has 0 bridgehead atoms. The van der Waals surface area contributed by atoms with E-state index in [1.54, 1.807) is 7.11 Å². The number of nitrogens with one attached hydrogen (secondary N) is 1. The second-order valence-electron chi connectivity index (χ2n) is 8.53. The van der Waals surface area contributed by atoms with Gasteiger partial charge < -0.3 is 23.9 Å². The molecule has 1 amide bonds. The fraction of sp³-hybridized carbons (Fsp3) is 0.522. The number of benzene rings is 1. The number of imidazole rings is 1. The molecule has 1 aliphatic heterocycles. The van der Waals surface area contributed by atoms with Gasteiger partial charge in [-0.15, -0.1) is 0 Å². The zero-order valence-electron chi connectivity index (χ0n) is 18.2. The van der Waals surface area contributed by atoms with Gasteiger partial charge in [-0.05, 0) is 57.2 Å². The molecule has 1 N–H and O–H groups in total. The SMILES string of the molecule is CO[C@H]1CC[C@H](n2c([C@@H]3CCOC(=O)N3)nc3cc(-c4c(C)noc4C)ccc32)CC1. The van der Waals surface area contributed by atoms with E-state index in [9.17, 15) is 4.79 Å². The van der Waals surface area contributed by atoms with Crippen molar-refractivity contribution in [3.63, 3.8) is 0 Å². The predicted molar refractivity (Wildman–Crippen MR) is 115 cm³/mol. The molecular weight excluding hydrogens is 396 g/mol. The second-order valence-corrected chi connectivity index (χ2v) is 8.53. The molecule has 2 aliphatic rings. The van der Waals surface area contributed by atoms with E-state index in [0.29, 0.717) is 25.2 Å². The van der Waals surface area contributed by atoms with Crippen molar-refractivity contribution < 1.29 is 18.8 Å². The predicted octanol–water partition coefficient (Wildman–Crippen LogP) is 4.61. The maximum Gasteiger partial charge on any atom is 0.407 e. The van der Waals surface area contributed by atoms with Crippen LogP contribution in [-0.4, -0.2) is 40.6 Å². The van der Waals surface area contributed by atoms with Gasteiger partial charge in [0.1, 0.15) is 11.6 Å². The first-order chi connectivity index (χ1) is 15.0. The van der Waals surface area contributed by atoms with Gasteiger partial charge in [-0.3, -0.25) is 0 Å². The Bertz CT molecular complexity index is 1090. The highest BCUT2D eigenvalue weighted by molar-refractivity contribution is 5.84. The van der Waals surface area contributed by atoms with Crippen LogP contribution in [0.25, 0.3) is 22.2 Å². The molecule has 1 aliphatic carbocycles. The van der Waals surface area contributed by atoms with Crippen molar-refractivity contribution >= 4 is 17.1 Å². The Hall–Kier alpha value is -2.87. The maximum absolute atomic E-state index is 11.9. The summed E-state index contributed by atoms with van der Waals surface area (Å²) in [5.74, 6) is 1.70. The molecule has 2 fully saturated rings. The van der Waals surface area contributed by atoms with Crippen molar-refractivity contribution in [3.8, 4) is 11.1 Å². The van der Waals surface area contributed by atoms with E-state index in [-0.39, 0.29) is 12.1 Å². The smallest absolute Gasteiger partial charge is 0.407 e. The number of aryl methyl sites for hydroxylation is 2. The fourth-order valence-electron chi connectivity index (χ4n) is 5.06. The zero-order chi connectivity index (χ0) is 21.5. The molecule has 3 aromatic rings. The molecule has 164 valence electrons. The molecule has 1 aromatic carbocycles. The number of aromatic nitrogens is 3. The van der Waals surface area contributed by atoms with Crippen LogP contribution in [-0.2, 0) is 9.47 Å². The second kappa shape index (κ2) is 8.00. The van der Waals surface area contributed by atoms with E-state index in [2.05, 4.69) is 33.2 Å². The minimum Gasteiger partial charge on any atom is -0.449 e. The Kier molecular flexibility index (Phi) is 5.17. The summed E-state index contributed by atoms with van der Waals surface area (Å²) in [7, 11) is 1.79. The first-order valence-corrected chi connectivity index (χ1v) is 11.0. The molecule has 8 heteroatoms. The summed E-state index contributed by atoms with van der Waals surface area (Å²) in [6.45, 7) is 4.28. The van der Waals surface area contributed by atoms with Crippen molar-refractivity contribution in [2.45, 2.75) is 64.1 Å². The average molecular weight is 425 g/mol. The zero-order valence-corrected chi connectivity index (χ0v) is 18.2. The summed E-state index contributed by atoms with van der Waals surface area (Å²) in [6, 6.07) is 6.52. The number of hydrogen-bond acceptors (Lipinski definition) is 6. The molecule has 8 nitrogen and oxygen atoms in total. The van der Waals surface area contributed by atoms with E-state index in [1.165, 1.54) is 0 Å². The molecule has 1 saturated carbocycles. The van der Waals surface area contributed by atoms with Crippen LogP contribution in [0, 0.1) is 13.8 Å². The summed E-state index contributed by atoms with van der Waals surface area (Å²) in [5.41, 5.74) is 4.93. The minimum absolute atomic E-state index is 0.156. The summed E-state index contributed by atoms with van der Waals surface area (Å²) < 4.78 is 18.4. The lowest BCUT2D eigenvalue weighted by atomic mass is 9.92. The number of methoxy groups -OCH3 is 1. The van der Waals surface area contributed by atoms with Crippen LogP contribution in [0.1, 0.15) is 61.5 Å². The van der Waals surface area contributed by atoms with Gasteiger partial charge in [0.25, 0.3) is 0 Å². The number of ether oxygens (including phenoxy) is 2. The number of rotatable bonds is 4. The van der Waals surface area contributed by atoms with Gasteiger partial charge in [0.15, 0.2) is 0 Å². The topological polar surface area (TPSA) is 91.4 Å². The molecule has 5 rings (SSSR count). The third-order valence-corrected chi connectivity index (χ3v) is 6.62. The highest BCUT2D eigenvalue weighted by Crippen LogP contribution is 2.37. The average Bonchev–Trinajstić information content (AvgIpc) is 3.33. The number of amides is 1. The third kappa shape index (κ3) is 3.59. The largest absolute Gasteiger partial charge is 0.449 e. The van der Waals surface area contributed by atoms with Crippen molar-refractivity contribution in [1.82, 2.24) is 20.0 Å². The number of carbonyl (C=O) groups is 1. The molecular formula is C23H28N4O4. The van der Waals surface area contributed by atoms with Crippen LogP contribution in [0.4, 0.5) is 4.79 Å². The minimum atomic E-state index is -0.380. The van der Waals surface area contributed by atoms with Crippen molar-refractivity contribution in [2.24, 2.45) is 0 Å². The first-order valence-electron chi connectivity index (χ1n) is 11.0. The van der Waals surface area contributed by atoms with Gasteiger partial charge in [-0.2, -0.15) is 0 Å². The molecule has 0 spiro atoms. The lowest BCUT2D eigenvalue weighted by molar-refractivity contribution is 0.0580. The van der Waals surface area contributed by atoms with Crippen molar-refractivity contribution in [1.29, 1.82) is 0 Å². The van der Waals surface area contributed by atoms with Gasteiger partial charge >= 0.3 is 6.09 Å². The number of hydrogen-bond donors (Lipinski definition) is 1. The standard InChI is InChI=1S/C23H28N4O4/c1-13-21(14(2)31-26-13)15-4-9-20-19(12-15)24-22(18-10-11-30-23(28)25-18)27(20)16-5-7-17(29-3)8-6-16/h4,9,12,16-18H,5-8,10-11H2,1-3H3,(H,25,28)/t16-,17-,18-/m0/s1. The summed E-state index contributed by atoms with van der Waals surface area (Å²) in [4.78, 5) is 16.9. The van der Waals surface area contributed by atoms with Crippen LogP contribution in [0.2, 0.25) is 0 Å². The first kappa shape index (κ1) is 20.1. The lowest BCUT2D eigenvalue weighted by Gasteiger charge is -2.32. The fourth-order valence-corrected chi connectivity index (χ4v) is 5.06. The summed E-state index contributed by atoms with van der Waals surface area (Å²) >= 11 is 0. The molecule has 2 aromatic heterocycles. The van der Waals surface area contributed by atoms with Crippen LogP contribution in [0.5, 0.6) is 0 Å². The number of alkyl carbamates (subject to hydrolysis) is 1. The Morgan fingerprint density at radius 2 is 1.97 bits per heavy atom. The van der Waals surface area contributed by atoms with E-state index in [0.717, 1.165) is 65.1 Å². The van der Waals surface area contributed by atoms with Crippen LogP contribution in [0.15, 0.2) is 22.7 Å². The molecule has 3 heterocycles. The van der Waals surface area contributed by atoms with E-state index < -0.39 is 0 Å². The van der Waals surface area contributed by atoms with Crippen molar-refractivity contribution in [2.75, 3.05) is 13.7 Å². The summed E-state index contributed by atoms with van der Waals surface area (Å²) in [5, 5.41) is 7.05. The normalized spacial score (nSPS) is 24.2. The molecule has 1 saturated heterocycles. The number of fused-ring (bicyclic) bond motifs is 1. The van der Waals surface area contributed by atoms with E-state index in [1.807, 2.05) is 13.8 Å². The maximum atomic E-state index is 11.9. The van der Waals surface area contributed by atoms with Gasteiger partial charge in [0.05, 0.1) is 35.5 Å². The monoisotopic (exact) mass is 424 g/mol. The lowest BCUT2D eigenvalue weighted by Crippen LogP contribution is -2.37. The molecule has 0 radical (unpaired) electrons. The Morgan fingerprint density at radius 1 is 1.16 bits per heavy atom. The molecule has 0 unspecified atom stereocenters. The Morgan fingerprint density at radius 3 is 2.65 bits per heavy atom. The number of carbonyl (C=O) groups excluding carboxylic acids is 1. The highest BCUT2D eigenvalue weighted by Gasteiger charge is 2.31. The van der Waals surface area contributed by atoms with Gasteiger partial charge in [0.2, 0.25) is 0 Å². The number of nitrogens with zero attached hydrogens (tertiary/aromatic N) is 3. The van der Waals surface area contributed by atoms with Gasteiger partial charge in [0, 0.05) is 25.1 Å². The molecule has 1 atom stereocenters. The van der Waals surface area contributed by atoms with E-state index in [4.69, 9.17) is 19.0 Å². The Balaban J connectivity index is 1.60. The summed E-state index contributed by atoms with van der Waals surface area (Å²) in [6.07, 6.45) is 4.76. The highest BCUT2D eigenvalue weighted by atomic mass is 16.6. The van der Waals surface area contributed by atoms with Crippen LogP contribution in [0.3, 0.4) is 0 Å². The third-order valence-electron chi connectivity index (χ3n) is 6.62. The van der Waals surface area contributed by atoms with Gasteiger partial charge in [-0.1, -0.05) is 11.2 Å². The molecule has 31 heavy (non-hydrogen) atoms. The van der Waals surface area contributed by atoms with Gasteiger partial charge in [-0.25, -0.2) is 9.78 Å². The quantitative estimate of drug-likeness (QED) is 0.658. The number of cyclic esters (lactones) is 1.